The maximum Gasteiger partial charge on any atom is 0.0726 e. The molecule has 4 heteroatoms. The highest BCUT2D eigenvalue weighted by Gasteiger charge is 2.25. The first-order chi connectivity index (χ1) is 8.33. The van der Waals surface area contributed by atoms with E-state index < -0.39 is 0 Å². The van der Waals surface area contributed by atoms with E-state index >= 15 is 0 Å². The van der Waals surface area contributed by atoms with Crippen LogP contribution in [0.2, 0.25) is 0 Å². The first-order valence-electron chi connectivity index (χ1n) is 6.55. The van der Waals surface area contributed by atoms with E-state index in [0.717, 1.165) is 25.3 Å². The molecule has 0 bridgehead atoms. The van der Waals surface area contributed by atoms with Gasteiger partial charge in [-0.1, -0.05) is 13.8 Å². The molecule has 17 heavy (non-hydrogen) atoms. The Kier molecular flexibility index (Phi) is 4.45. The van der Waals surface area contributed by atoms with Gasteiger partial charge in [0.15, 0.2) is 0 Å². The first-order valence-corrected chi connectivity index (χ1v) is 6.55. The van der Waals surface area contributed by atoms with E-state index in [1.165, 1.54) is 12.8 Å². The number of piperazine rings is 1. The Balaban J connectivity index is 2.00. The Labute approximate surface area is 103 Å². The predicted molar refractivity (Wildman–Crippen MR) is 68.6 cm³/mol. The van der Waals surface area contributed by atoms with Gasteiger partial charge in [-0.15, -0.1) is 0 Å². The second-order valence-electron chi connectivity index (χ2n) is 4.70. The molecule has 2 unspecified atom stereocenters. The van der Waals surface area contributed by atoms with Crippen LogP contribution in [0.15, 0.2) is 18.6 Å². The van der Waals surface area contributed by atoms with Crippen LogP contribution in [0.3, 0.4) is 0 Å². The lowest BCUT2D eigenvalue weighted by Gasteiger charge is -2.39. The van der Waals surface area contributed by atoms with Crippen molar-refractivity contribution in [3.63, 3.8) is 0 Å². The van der Waals surface area contributed by atoms with Crippen LogP contribution in [0.25, 0.3) is 0 Å². The maximum absolute atomic E-state index is 4.37. The molecule has 0 aromatic carbocycles. The molecule has 0 saturated carbocycles. The van der Waals surface area contributed by atoms with E-state index in [2.05, 4.69) is 34.0 Å². The number of hydrogen-bond donors (Lipinski definition) is 1. The summed E-state index contributed by atoms with van der Waals surface area (Å²) in [4.78, 5) is 11.0. The number of nitrogens with zero attached hydrogens (tertiary/aromatic N) is 3. The molecule has 2 heterocycles. The normalized spacial score (nSPS) is 26.0. The largest absolute Gasteiger partial charge is 0.311 e. The van der Waals surface area contributed by atoms with Crippen LogP contribution < -0.4 is 5.32 Å². The van der Waals surface area contributed by atoms with E-state index in [9.17, 15) is 0 Å². The van der Waals surface area contributed by atoms with Crippen molar-refractivity contribution in [2.24, 2.45) is 0 Å². The number of aromatic nitrogens is 2. The van der Waals surface area contributed by atoms with E-state index in [-0.39, 0.29) is 0 Å². The molecule has 0 radical (unpaired) electrons. The monoisotopic (exact) mass is 234 g/mol. The topological polar surface area (TPSA) is 41.1 Å². The van der Waals surface area contributed by atoms with Gasteiger partial charge in [-0.2, -0.15) is 0 Å². The summed E-state index contributed by atoms with van der Waals surface area (Å²) in [7, 11) is 0. The van der Waals surface area contributed by atoms with Crippen LogP contribution >= 0.6 is 0 Å². The minimum Gasteiger partial charge on any atom is -0.311 e. The van der Waals surface area contributed by atoms with Gasteiger partial charge < -0.3 is 5.32 Å². The van der Waals surface area contributed by atoms with Crippen LogP contribution in [0, 0.1) is 0 Å². The van der Waals surface area contributed by atoms with Crippen molar-refractivity contribution in [1.82, 2.24) is 20.2 Å². The van der Waals surface area contributed by atoms with E-state index in [0.29, 0.717) is 12.1 Å². The van der Waals surface area contributed by atoms with Gasteiger partial charge in [0.05, 0.1) is 5.69 Å². The van der Waals surface area contributed by atoms with Gasteiger partial charge in [-0.3, -0.25) is 14.9 Å². The summed E-state index contributed by atoms with van der Waals surface area (Å²) in [6, 6.07) is 1.24. The highest BCUT2D eigenvalue weighted by Crippen LogP contribution is 2.14. The van der Waals surface area contributed by atoms with Gasteiger partial charge in [0.25, 0.3) is 0 Å². The average molecular weight is 234 g/mol. The second-order valence-corrected chi connectivity index (χ2v) is 4.70. The summed E-state index contributed by atoms with van der Waals surface area (Å²) >= 11 is 0. The average Bonchev–Trinajstić information content (AvgIpc) is 2.40. The molecule has 1 aliphatic heterocycles. The molecule has 1 aromatic rings. The van der Waals surface area contributed by atoms with Crippen molar-refractivity contribution in [2.45, 2.75) is 45.3 Å². The van der Waals surface area contributed by atoms with Crippen molar-refractivity contribution in [1.29, 1.82) is 0 Å². The molecule has 4 nitrogen and oxygen atoms in total. The van der Waals surface area contributed by atoms with E-state index in [1.807, 2.05) is 6.20 Å². The minimum absolute atomic E-state index is 0.620. The van der Waals surface area contributed by atoms with Crippen LogP contribution in [-0.2, 0) is 6.54 Å². The lowest BCUT2D eigenvalue weighted by molar-refractivity contribution is 0.116. The van der Waals surface area contributed by atoms with E-state index in [1.54, 1.807) is 12.4 Å². The fourth-order valence-electron chi connectivity index (χ4n) is 2.42. The fraction of sp³-hybridized carbons (Fsp3) is 0.692. The Bertz CT molecular complexity index is 327. The summed E-state index contributed by atoms with van der Waals surface area (Å²) < 4.78 is 0. The standard InChI is InChI=1S/C13H22N4/c1-3-11-9-17(13(4-2)8-16-11)10-12-7-14-5-6-15-12/h5-7,11,13,16H,3-4,8-10H2,1-2H3. The Morgan fingerprint density at radius 2 is 2.24 bits per heavy atom. The zero-order valence-corrected chi connectivity index (χ0v) is 10.8. The van der Waals surface area contributed by atoms with Crippen LogP contribution in [0.5, 0.6) is 0 Å². The molecule has 1 aliphatic rings. The number of rotatable bonds is 4. The molecule has 1 fully saturated rings. The lowest BCUT2D eigenvalue weighted by Crippen LogP contribution is -2.55. The highest BCUT2D eigenvalue weighted by molar-refractivity contribution is 4.97. The van der Waals surface area contributed by atoms with Gasteiger partial charge in [0, 0.05) is 50.3 Å². The number of nitrogens with one attached hydrogen (secondary N) is 1. The Morgan fingerprint density at radius 1 is 1.35 bits per heavy atom. The van der Waals surface area contributed by atoms with Gasteiger partial charge in [0.2, 0.25) is 0 Å². The molecule has 2 atom stereocenters. The Hall–Kier alpha value is -1.00. The quantitative estimate of drug-likeness (QED) is 0.856. The summed E-state index contributed by atoms with van der Waals surface area (Å²) in [6.45, 7) is 7.62. The van der Waals surface area contributed by atoms with Crippen molar-refractivity contribution >= 4 is 0 Å². The van der Waals surface area contributed by atoms with Gasteiger partial charge in [-0.05, 0) is 12.8 Å². The molecular formula is C13H22N4. The first kappa shape index (κ1) is 12.5. The molecule has 2 rings (SSSR count). The molecule has 1 aromatic heterocycles. The third-order valence-corrected chi connectivity index (χ3v) is 3.56. The third kappa shape index (κ3) is 3.23. The molecule has 0 aliphatic carbocycles. The van der Waals surface area contributed by atoms with Crippen LogP contribution in [-0.4, -0.2) is 40.0 Å². The van der Waals surface area contributed by atoms with E-state index in [4.69, 9.17) is 0 Å². The van der Waals surface area contributed by atoms with Crippen molar-refractivity contribution in [2.75, 3.05) is 13.1 Å². The van der Waals surface area contributed by atoms with Crippen LogP contribution in [0.4, 0.5) is 0 Å². The van der Waals surface area contributed by atoms with Crippen molar-refractivity contribution < 1.29 is 0 Å². The molecule has 0 spiro atoms. The van der Waals surface area contributed by atoms with Gasteiger partial charge in [-0.25, -0.2) is 0 Å². The zero-order chi connectivity index (χ0) is 12.1. The van der Waals surface area contributed by atoms with Crippen LogP contribution in [0.1, 0.15) is 32.4 Å². The third-order valence-electron chi connectivity index (χ3n) is 3.56. The maximum atomic E-state index is 4.37. The molecular weight excluding hydrogens is 212 g/mol. The van der Waals surface area contributed by atoms with Crippen molar-refractivity contribution in [3.8, 4) is 0 Å². The number of hydrogen-bond acceptors (Lipinski definition) is 4. The molecule has 94 valence electrons. The minimum atomic E-state index is 0.620. The SMILES string of the molecule is CCC1CN(Cc2cnccn2)C(CC)CN1. The smallest absolute Gasteiger partial charge is 0.0726 e. The lowest BCUT2D eigenvalue weighted by atomic mass is 10.1. The second kappa shape index (κ2) is 6.07. The highest BCUT2D eigenvalue weighted by atomic mass is 15.2. The summed E-state index contributed by atoms with van der Waals surface area (Å²) in [5.41, 5.74) is 1.07. The molecule has 0 amide bonds. The van der Waals surface area contributed by atoms with Gasteiger partial charge >= 0.3 is 0 Å². The summed E-state index contributed by atoms with van der Waals surface area (Å²) in [5.74, 6) is 0. The zero-order valence-electron chi connectivity index (χ0n) is 10.8. The van der Waals surface area contributed by atoms with Gasteiger partial charge in [0.1, 0.15) is 0 Å². The summed E-state index contributed by atoms with van der Waals surface area (Å²) in [5, 5.41) is 3.61. The predicted octanol–water partition coefficient (Wildman–Crippen LogP) is 1.44. The Morgan fingerprint density at radius 3 is 2.88 bits per heavy atom. The summed E-state index contributed by atoms with van der Waals surface area (Å²) in [6.07, 6.45) is 7.75. The van der Waals surface area contributed by atoms with Crippen molar-refractivity contribution in [3.05, 3.63) is 24.3 Å². The molecule has 1 saturated heterocycles. The fourth-order valence-corrected chi connectivity index (χ4v) is 2.42. The molecule has 1 N–H and O–H groups in total.